The molecule has 0 aromatic rings. The molecule has 0 unspecified atom stereocenters. The van der Waals surface area contributed by atoms with Crippen LogP contribution in [-0.2, 0) is 0 Å². The van der Waals surface area contributed by atoms with Crippen LogP contribution in [0.3, 0.4) is 0 Å². The first-order valence-electron chi connectivity index (χ1n) is 7.69. The SMILES string of the molecule is C=CCNC(=NC)NCC1(N2CCSCC2)CCCC1. The molecule has 1 aliphatic heterocycles. The lowest BCUT2D eigenvalue weighted by molar-refractivity contribution is 0.107. The molecule has 114 valence electrons. The zero-order valence-corrected chi connectivity index (χ0v) is 13.5. The quantitative estimate of drug-likeness (QED) is 0.460. The molecule has 2 N–H and O–H groups in total. The molecule has 0 aromatic carbocycles. The van der Waals surface area contributed by atoms with Crippen LogP contribution in [0.15, 0.2) is 17.6 Å². The van der Waals surface area contributed by atoms with Crippen LogP contribution >= 0.6 is 11.8 Å². The van der Waals surface area contributed by atoms with Gasteiger partial charge in [0.05, 0.1) is 0 Å². The molecule has 0 bridgehead atoms. The summed E-state index contributed by atoms with van der Waals surface area (Å²) in [5.41, 5.74) is 0.354. The van der Waals surface area contributed by atoms with E-state index in [4.69, 9.17) is 0 Å². The molecule has 0 aromatic heterocycles. The largest absolute Gasteiger partial charge is 0.355 e. The van der Waals surface area contributed by atoms with Gasteiger partial charge in [-0.15, -0.1) is 6.58 Å². The summed E-state index contributed by atoms with van der Waals surface area (Å²) in [5.74, 6) is 3.46. The predicted octanol–water partition coefficient (Wildman–Crippen LogP) is 1.70. The van der Waals surface area contributed by atoms with Gasteiger partial charge in [0.2, 0.25) is 0 Å². The number of thioether (sulfide) groups is 1. The number of nitrogens with zero attached hydrogens (tertiary/aromatic N) is 2. The van der Waals surface area contributed by atoms with Crippen molar-refractivity contribution in [1.29, 1.82) is 0 Å². The maximum absolute atomic E-state index is 4.29. The molecule has 1 saturated heterocycles. The van der Waals surface area contributed by atoms with Gasteiger partial charge in [0.15, 0.2) is 5.96 Å². The lowest BCUT2D eigenvalue weighted by atomic mass is 9.94. The Kier molecular flexibility index (Phi) is 6.23. The van der Waals surface area contributed by atoms with Crippen molar-refractivity contribution in [2.75, 3.05) is 44.7 Å². The summed E-state index contributed by atoms with van der Waals surface area (Å²) >= 11 is 2.09. The molecule has 2 rings (SSSR count). The van der Waals surface area contributed by atoms with Crippen LogP contribution in [0.4, 0.5) is 0 Å². The Morgan fingerprint density at radius 1 is 1.30 bits per heavy atom. The third-order valence-electron chi connectivity index (χ3n) is 4.44. The van der Waals surface area contributed by atoms with E-state index in [-0.39, 0.29) is 0 Å². The van der Waals surface area contributed by atoms with Crippen molar-refractivity contribution in [3.8, 4) is 0 Å². The number of guanidine groups is 1. The third-order valence-corrected chi connectivity index (χ3v) is 5.38. The Hall–Kier alpha value is -0.680. The van der Waals surface area contributed by atoms with Gasteiger partial charge in [0.1, 0.15) is 0 Å². The highest BCUT2D eigenvalue weighted by Gasteiger charge is 2.39. The first-order valence-corrected chi connectivity index (χ1v) is 8.84. The minimum Gasteiger partial charge on any atom is -0.355 e. The number of nitrogens with one attached hydrogen (secondary N) is 2. The van der Waals surface area contributed by atoms with Crippen molar-refractivity contribution in [2.45, 2.75) is 31.2 Å². The van der Waals surface area contributed by atoms with E-state index in [1.54, 1.807) is 0 Å². The summed E-state index contributed by atoms with van der Waals surface area (Å²) in [6.45, 7) is 7.98. The van der Waals surface area contributed by atoms with E-state index in [9.17, 15) is 0 Å². The zero-order chi connectivity index (χ0) is 14.3. The molecule has 0 amide bonds. The summed E-state index contributed by atoms with van der Waals surface area (Å²) in [7, 11) is 1.83. The van der Waals surface area contributed by atoms with Crippen molar-refractivity contribution in [1.82, 2.24) is 15.5 Å². The van der Waals surface area contributed by atoms with E-state index >= 15 is 0 Å². The van der Waals surface area contributed by atoms with Crippen LogP contribution in [0.2, 0.25) is 0 Å². The Morgan fingerprint density at radius 2 is 2.00 bits per heavy atom. The summed E-state index contributed by atoms with van der Waals surface area (Å²) < 4.78 is 0. The molecule has 1 saturated carbocycles. The van der Waals surface area contributed by atoms with Gasteiger partial charge in [0, 0.05) is 50.3 Å². The summed E-state index contributed by atoms with van der Waals surface area (Å²) in [6, 6.07) is 0. The molecule has 0 radical (unpaired) electrons. The number of hydrogen-bond acceptors (Lipinski definition) is 3. The van der Waals surface area contributed by atoms with Gasteiger partial charge in [-0.2, -0.15) is 11.8 Å². The minimum absolute atomic E-state index is 0.354. The van der Waals surface area contributed by atoms with E-state index in [2.05, 4.69) is 38.9 Å². The molecular formula is C15H28N4S. The average molecular weight is 296 g/mol. The van der Waals surface area contributed by atoms with Gasteiger partial charge < -0.3 is 10.6 Å². The smallest absolute Gasteiger partial charge is 0.191 e. The fraction of sp³-hybridized carbons (Fsp3) is 0.800. The first-order chi connectivity index (χ1) is 9.80. The van der Waals surface area contributed by atoms with Crippen LogP contribution in [-0.4, -0.2) is 61.1 Å². The Bertz CT molecular complexity index is 331. The summed E-state index contributed by atoms with van der Waals surface area (Å²) in [4.78, 5) is 7.01. The highest BCUT2D eigenvalue weighted by molar-refractivity contribution is 7.99. The number of aliphatic imine (C=N–C) groups is 1. The predicted molar refractivity (Wildman–Crippen MR) is 89.7 cm³/mol. The Balaban J connectivity index is 1.92. The third kappa shape index (κ3) is 3.92. The fourth-order valence-electron chi connectivity index (χ4n) is 3.31. The van der Waals surface area contributed by atoms with Crippen molar-refractivity contribution < 1.29 is 0 Å². The second-order valence-electron chi connectivity index (χ2n) is 5.63. The molecule has 20 heavy (non-hydrogen) atoms. The van der Waals surface area contributed by atoms with E-state index in [0.717, 1.165) is 19.0 Å². The minimum atomic E-state index is 0.354. The second-order valence-corrected chi connectivity index (χ2v) is 6.85. The van der Waals surface area contributed by atoms with E-state index < -0.39 is 0 Å². The highest BCUT2D eigenvalue weighted by atomic mass is 32.2. The Labute approximate surface area is 127 Å². The second kappa shape index (κ2) is 7.93. The lowest BCUT2D eigenvalue weighted by Gasteiger charge is -2.43. The van der Waals surface area contributed by atoms with E-state index in [1.807, 2.05) is 13.1 Å². The van der Waals surface area contributed by atoms with E-state index in [0.29, 0.717) is 5.54 Å². The standard InChI is InChI=1S/C15H28N4S/c1-3-8-17-14(16-2)18-13-15(6-4-5-7-15)19-9-11-20-12-10-19/h3H,1,4-13H2,2H3,(H2,16,17,18). The molecule has 2 fully saturated rings. The van der Waals surface area contributed by atoms with Gasteiger partial charge in [-0.25, -0.2) is 0 Å². The number of rotatable bonds is 5. The molecule has 5 heteroatoms. The molecule has 2 aliphatic rings. The van der Waals surface area contributed by atoms with Crippen molar-refractivity contribution in [3.05, 3.63) is 12.7 Å². The topological polar surface area (TPSA) is 39.7 Å². The van der Waals surface area contributed by atoms with Crippen molar-refractivity contribution in [2.24, 2.45) is 4.99 Å². The molecule has 1 heterocycles. The van der Waals surface area contributed by atoms with Crippen LogP contribution < -0.4 is 10.6 Å². The molecular weight excluding hydrogens is 268 g/mol. The monoisotopic (exact) mass is 296 g/mol. The van der Waals surface area contributed by atoms with Gasteiger partial charge in [-0.1, -0.05) is 18.9 Å². The van der Waals surface area contributed by atoms with Gasteiger partial charge in [-0.3, -0.25) is 9.89 Å². The lowest BCUT2D eigenvalue weighted by Crippen LogP contribution is -2.57. The average Bonchev–Trinajstić information content (AvgIpc) is 2.98. The maximum atomic E-state index is 4.29. The van der Waals surface area contributed by atoms with E-state index in [1.165, 1.54) is 50.3 Å². The summed E-state index contributed by atoms with van der Waals surface area (Å²) in [6.07, 6.45) is 7.24. The normalized spacial score (nSPS) is 23.6. The Morgan fingerprint density at radius 3 is 2.60 bits per heavy atom. The van der Waals surface area contributed by atoms with Crippen LogP contribution in [0.5, 0.6) is 0 Å². The zero-order valence-electron chi connectivity index (χ0n) is 12.7. The molecule has 4 nitrogen and oxygen atoms in total. The van der Waals surface area contributed by atoms with Gasteiger partial charge in [-0.05, 0) is 12.8 Å². The van der Waals surface area contributed by atoms with Crippen LogP contribution in [0.25, 0.3) is 0 Å². The maximum Gasteiger partial charge on any atom is 0.191 e. The summed E-state index contributed by atoms with van der Waals surface area (Å²) in [5, 5.41) is 6.79. The van der Waals surface area contributed by atoms with Gasteiger partial charge >= 0.3 is 0 Å². The first kappa shape index (κ1) is 15.7. The highest BCUT2D eigenvalue weighted by Crippen LogP contribution is 2.36. The van der Waals surface area contributed by atoms with Gasteiger partial charge in [0.25, 0.3) is 0 Å². The van der Waals surface area contributed by atoms with Crippen LogP contribution in [0, 0.1) is 0 Å². The fourth-order valence-corrected chi connectivity index (χ4v) is 4.22. The van der Waals surface area contributed by atoms with Crippen molar-refractivity contribution >= 4 is 17.7 Å². The molecule has 0 atom stereocenters. The molecule has 1 aliphatic carbocycles. The van der Waals surface area contributed by atoms with Crippen LogP contribution in [0.1, 0.15) is 25.7 Å². The molecule has 0 spiro atoms. The number of hydrogen-bond donors (Lipinski definition) is 2. The van der Waals surface area contributed by atoms with Crippen molar-refractivity contribution in [3.63, 3.8) is 0 Å².